The van der Waals surface area contributed by atoms with Crippen molar-refractivity contribution in [2.75, 3.05) is 24.2 Å². The van der Waals surface area contributed by atoms with E-state index >= 15 is 0 Å². The third-order valence-corrected chi connectivity index (χ3v) is 3.23. The van der Waals surface area contributed by atoms with Crippen LogP contribution >= 0.6 is 11.8 Å². The Morgan fingerprint density at radius 3 is 3.23 bits per heavy atom. The van der Waals surface area contributed by atoms with E-state index in [-0.39, 0.29) is 0 Å². The maximum absolute atomic E-state index is 5.51. The van der Waals surface area contributed by atoms with Gasteiger partial charge in [0.25, 0.3) is 0 Å². The number of hydrogen-bond acceptors (Lipinski definition) is 3. The molecule has 1 heterocycles. The van der Waals surface area contributed by atoms with Crippen LogP contribution in [0.2, 0.25) is 0 Å². The number of nitrogens with two attached hydrogens (primary N) is 1. The van der Waals surface area contributed by atoms with Crippen LogP contribution in [-0.2, 0) is 6.42 Å². The number of fused-ring (bicyclic) bond motifs is 1. The van der Waals surface area contributed by atoms with Crippen LogP contribution in [0, 0.1) is 0 Å². The average Bonchev–Trinajstić information content (AvgIpc) is 2.18. The van der Waals surface area contributed by atoms with E-state index in [1.165, 1.54) is 21.9 Å². The molecule has 0 radical (unpaired) electrons. The first-order valence-corrected chi connectivity index (χ1v) is 5.58. The Balaban J connectivity index is 2.24. The van der Waals surface area contributed by atoms with Crippen LogP contribution in [0.4, 0.5) is 5.69 Å². The van der Waals surface area contributed by atoms with Gasteiger partial charge in [0.15, 0.2) is 0 Å². The Kier molecular flexibility index (Phi) is 2.76. The highest BCUT2D eigenvalue weighted by Gasteiger charge is 2.08. The van der Waals surface area contributed by atoms with E-state index in [2.05, 4.69) is 23.5 Å². The van der Waals surface area contributed by atoms with Gasteiger partial charge in [0.2, 0.25) is 0 Å². The smallest absolute Gasteiger partial charge is 0.0481 e. The van der Waals surface area contributed by atoms with Crippen LogP contribution in [0.15, 0.2) is 23.1 Å². The van der Waals surface area contributed by atoms with Crippen LogP contribution < -0.4 is 11.1 Å². The Labute approximate surface area is 82.9 Å². The Morgan fingerprint density at radius 1 is 1.46 bits per heavy atom. The minimum Gasteiger partial charge on any atom is -0.383 e. The minimum absolute atomic E-state index is 0.728. The van der Waals surface area contributed by atoms with Gasteiger partial charge in [-0.25, -0.2) is 0 Å². The Hall–Kier alpha value is -0.670. The zero-order chi connectivity index (χ0) is 9.10. The zero-order valence-corrected chi connectivity index (χ0v) is 8.36. The van der Waals surface area contributed by atoms with Crippen molar-refractivity contribution < 1.29 is 0 Å². The van der Waals surface area contributed by atoms with Gasteiger partial charge in [-0.15, -0.1) is 11.8 Å². The third-order valence-electron chi connectivity index (χ3n) is 2.15. The Morgan fingerprint density at radius 2 is 2.38 bits per heavy atom. The van der Waals surface area contributed by atoms with Crippen LogP contribution in [-0.4, -0.2) is 18.8 Å². The van der Waals surface area contributed by atoms with Crippen molar-refractivity contribution in [3.63, 3.8) is 0 Å². The maximum atomic E-state index is 5.51. The second kappa shape index (κ2) is 4.03. The molecule has 0 atom stereocenters. The molecule has 1 aromatic carbocycles. The fraction of sp³-hybridized carbons (Fsp3) is 0.400. The van der Waals surface area contributed by atoms with Crippen molar-refractivity contribution in [3.8, 4) is 0 Å². The lowest BCUT2D eigenvalue weighted by Crippen LogP contribution is -2.11. The zero-order valence-electron chi connectivity index (χ0n) is 7.55. The summed E-state index contributed by atoms with van der Waals surface area (Å²) in [6.45, 7) is 1.80. The second-order valence-electron chi connectivity index (χ2n) is 3.14. The average molecular weight is 194 g/mol. The Bertz CT molecular complexity index is 299. The summed E-state index contributed by atoms with van der Waals surface area (Å²) in [5.74, 6) is 1.17. The number of anilines is 1. The van der Waals surface area contributed by atoms with Crippen LogP contribution in [0.25, 0.3) is 0 Å². The van der Waals surface area contributed by atoms with Crippen LogP contribution in [0.1, 0.15) is 5.56 Å². The number of rotatable bonds is 2. The van der Waals surface area contributed by atoms with E-state index in [1.54, 1.807) is 0 Å². The fourth-order valence-electron chi connectivity index (χ4n) is 1.51. The van der Waals surface area contributed by atoms with Gasteiger partial charge < -0.3 is 11.1 Å². The van der Waals surface area contributed by atoms with E-state index in [0.29, 0.717) is 0 Å². The van der Waals surface area contributed by atoms with Crippen LogP contribution in [0.5, 0.6) is 0 Å². The lowest BCUT2D eigenvalue weighted by Gasteiger charge is -2.17. The quantitative estimate of drug-likeness (QED) is 0.752. The summed E-state index contributed by atoms with van der Waals surface area (Å²) in [5.41, 5.74) is 8.12. The summed E-state index contributed by atoms with van der Waals surface area (Å²) in [5, 5.41) is 3.40. The summed E-state index contributed by atoms with van der Waals surface area (Å²) in [4.78, 5) is 1.37. The summed E-state index contributed by atoms with van der Waals surface area (Å²) >= 11 is 1.92. The molecule has 70 valence electrons. The molecule has 0 fully saturated rings. The number of nitrogens with one attached hydrogen (secondary N) is 1. The molecule has 13 heavy (non-hydrogen) atoms. The normalized spacial score (nSPS) is 14.8. The molecular weight excluding hydrogens is 180 g/mol. The topological polar surface area (TPSA) is 38.0 Å². The van der Waals surface area contributed by atoms with Crippen molar-refractivity contribution in [3.05, 3.63) is 23.8 Å². The van der Waals surface area contributed by atoms with Gasteiger partial charge in [-0.3, -0.25) is 0 Å². The first-order chi connectivity index (χ1) is 6.40. The van der Waals surface area contributed by atoms with Crippen molar-refractivity contribution in [1.29, 1.82) is 0 Å². The molecule has 0 aliphatic carbocycles. The number of thioether (sulfide) groups is 1. The summed E-state index contributed by atoms with van der Waals surface area (Å²) in [7, 11) is 0. The summed E-state index contributed by atoms with van der Waals surface area (Å²) in [6.07, 6.45) is 0.972. The van der Waals surface area contributed by atoms with Gasteiger partial charge in [0, 0.05) is 22.9 Å². The van der Waals surface area contributed by atoms with Gasteiger partial charge in [0.1, 0.15) is 0 Å². The van der Waals surface area contributed by atoms with Gasteiger partial charge >= 0.3 is 0 Å². The molecule has 0 bridgehead atoms. The SMILES string of the molecule is NCCc1ccc2c(c1)NCCS2. The largest absolute Gasteiger partial charge is 0.383 e. The van der Waals surface area contributed by atoms with Crippen molar-refractivity contribution >= 4 is 17.4 Å². The third kappa shape index (κ3) is 1.98. The molecule has 0 amide bonds. The maximum Gasteiger partial charge on any atom is 0.0481 e. The molecule has 3 N–H and O–H groups in total. The fourth-order valence-corrected chi connectivity index (χ4v) is 2.38. The lowest BCUT2D eigenvalue weighted by atomic mass is 10.1. The van der Waals surface area contributed by atoms with Gasteiger partial charge in [-0.2, -0.15) is 0 Å². The number of hydrogen-bond donors (Lipinski definition) is 2. The molecule has 0 unspecified atom stereocenters. The summed E-state index contributed by atoms with van der Waals surface area (Å²) < 4.78 is 0. The molecular formula is C10H14N2S. The predicted octanol–water partition coefficient (Wildman–Crippen LogP) is 1.71. The standard InChI is InChI=1S/C10H14N2S/c11-4-3-8-1-2-10-9(7-8)12-5-6-13-10/h1-2,7,12H,3-6,11H2. The van der Waals surface area contributed by atoms with Gasteiger partial charge in [0.05, 0.1) is 0 Å². The first kappa shape index (κ1) is 8.91. The highest BCUT2D eigenvalue weighted by Crippen LogP contribution is 2.31. The van der Waals surface area contributed by atoms with Crippen molar-refractivity contribution in [2.45, 2.75) is 11.3 Å². The monoisotopic (exact) mass is 194 g/mol. The summed E-state index contributed by atoms with van der Waals surface area (Å²) in [6, 6.07) is 6.58. The molecule has 1 aromatic rings. The molecule has 0 spiro atoms. The van der Waals surface area contributed by atoms with Crippen molar-refractivity contribution in [1.82, 2.24) is 0 Å². The molecule has 0 aromatic heterocycles. The highest BCUT2D eigenvalue weighted by molar-refractivity contribution is 7.99. The van der Waals surface area contributed by atoms with E-state index in [9.17, 15) is 0 Å². The minimum atomic E-state index is 0.728. The van der Waals surface area contributed by atoms with E-state index in [1.807, 2.05) is 11.8 Å². The second-order valence-corrected chi connectivity index (χ2v) is 4.28. The highest BCUT2D eigenvalue weighted by atomic mass is 32.2. The van der Waals surface area contributed by atoms with E-state index in [0.717, 1.165) is 19.5 Å². The molecule has 1 aliphatic rings. The van der Waals surface area contributed by atoms with E-state index < -0.39 is 0 Å². The molecule has 1 aliphatic heterocycles. The van der Waals surface area contributed by atoms with Gasteiger partial charge in [-0.05, 0) is 30.7 Å². The molecule has 2 rings (SSSR count). The van der Waals surface area contributed by atoms with E-state index in [4.69, 9.17) is 5.73 Å². The molecule has 0 saturated carbocycles. The first-order valence-electron chi connectivity index (χ1n) is 4.60. The lowest BCUT2D eigenvalue weighted by molar-refractivity contribution is 0.965. The number of benzene rings is 1. The molecule has 2 nitrogen and oxygen atoms in total. The van der Waals surface area contributed by atoms with Gasteiger partial charge in [-0.1, -0.05) is 6.07 Å². The molecule has 0 saturated heterocycles. The van der Waals surface area contributed by atoms with Crippen molar-refractivity contribution in [2.24, 2.45) is 5.73 Å². The van der Waals surface area contributed by atoms with Crippen LogP contribution in [0.3, 0.4) is 0 Å². The predicted molar refractivity (Wildman–Crippen MR) is 58.4 cm³/mol. The molecule has 3 heteroatoms.